The fraction of sp³-hybridized carbons (Fsp3) is 0.125. The van der Waals surface area contributed by atoms with Crippen molar-refractivity contribution in [3.05, 3.63) is 35.4 Å². The Morgan fingerprint density at radius 3 is 2.73 bits per heavy atom. The molecule has 0 aromatic heterocycles. The molecule has 0 bridgehead atoms. The molecule has 0 unspecified atom stereocenters. The number of hydrogen-bond donors (Lipinski definition) is 1. The van der Waals surface area contributed by atoms with Crippen molar-refractivity contribution in [1.82, 2.24) is 5.32 Å². The molecule has 2 radical (unpaired) electrons. The topological polar surface area (TPSA) is 29.1 Å². The van der Waals surface area contributed by atoms with Gasteiger partial charge in [-0.2, -0.15) is 0 Å². The van der Waals surface area contributed by atoms with Gasteiger partial charge in [-0.3, -0.25) is 4.79 Å². The summed E-state index contributed by atoms with van der Waals surface area (Å²) in [6, 6.07) is 7.63. The Hall–Kier alpha value is -0.388. The molecular formula is C8H9NOPb. The summed E-state index contributed by atoms with van der Waals surface area (Å²) >= 11 is 0. The van der Waals surface area contributed by atoms with Crippen LogP contribution >= 0.6 is 0 Å². The molecule has 0 aliphatic carbocycles. The van der Waals surface area contributed by atoms with Crippen LogP contribution in [0.3, 0.4) is 0 Å². The van der Waals surface area contributed by atoms with Gasteiger partial charge in [0.1, 0.15) is 0 Å². The van der Waals surface area contributed by atoms with Crippen molar-refractivity contribution in [2.45, 2.75) is 6.54 Å². The maximum atomic E-state index is 11.0. The number of fused-ring (bicyclic) bond motifs is 1. The van der Waals surface area contributed by atoms with E-state index < -0.39 is 0 Å². The van der Waals surface area contributed by atoms with E-state index in [4.69, 9.17) is 0 Å². The molecule has 3 heteroatoms. The molecule has 1 aromatic carbocycles. The number of hydrogen-bond acceptors (Lipinski definition) is 1. The van der Waals surface area contributed by atoms with Crippen LogP contribution in [0.5, 0.6) is 0 Å². The molecule has 1 aromatic rings. The zero-order valence-electron chi connectivity index (χ0n) is 6.13. The van der Waals surface area contributed by atoms with Crippen molar-refractivity contribution in [2.75, 3.05) is 0 Å². The number of benzene rings is 1. The summed E-state index contributed by atoms with van der Waals surface area (Å²) in [6.45, 7) is 0.689. The Morgan fingerprint density at radius 1 is 1.27 bits per heavy atom. The maximum absolute atomic E-state index is 11.0. The first-order valence-corrected chi connectivity index (χ1v) is 3.24. The van der Waals surface area contributed by atoms with E-state index in [1.54, 1.807) is 0 Å². The standard InChI is InChI=1S/C8H7NO.Pb.2H/c10-8-7-4-2-1-3-6(7)5-9-8;;;/h1-4H,5H2,(H,9,10);;;. The van der Waals surface area contributed by atoms with Crippen LogP contribution in [0.1, 0.15) is 15.9 Å². The molecule has 0 saturated carbocycles. The van der Waals surface area contributed by atoms with Gasteiger partial charge in [-0.05, 0) is 11.6 Å². The Labute approximate surface area is 85.1 Å². The van der Waals surface area contributed by atoms with Gasteiger partial charge in [0.05, 0.1) is 0 Å². The Kier molecular flexibility index (Phi) is 2.64. The predicted octanol–water partition coefficient (Wildman–Crippen LogP) is 0.0138. The van der Waals surface area contributed by atoms with E-state index in [1.165, 1.54) is 0 Å². The molecule has 0 atom stereocenters. The van der Waals surface area contributed by atoms with Gasteiger partial charge in [-0.1, -0.05) is 18.2 Å². The Morgan fingerprint density at radius 2 is 2.00 bits per heavy atom. The number of rotatable bonds is 0. The molecule has 1 amide bonds. The minimum absolute atomic E-state index is 0. The Bertz CT molecular complexity index is 285. The van der Waals surface area contributed by atoms with Gasteiger partial charge in [0.2, 0.25) is 0 Å². The fourth-order valence-corrected chi connectivity index (χ4v) is 1.17. The molecule has 1 heterocycles. The summed E-state index contributed by atoms with van der Waals surface area (Å²) in [7, 11) is 0. The van der Waals surface area contributed by atoms with Crippen LogP contribution < -0.4 is 5.32 Å². The van der Waals surface area contributed by atoms with Crippen LogP contribution in [0.15, 0.2) is 24.3 Å². The molecule has 56 valence electrons. The number of nitrogens with one attached hydrogen (secondary N) is 1. The second-order valence-corrected chi connectivity index (χ2v) is 2.34. The molecule has 0 fully saturated rings. The van der Waals surface area contributed by atoms with E-state index in [2.05, 4.69) is 5.32 Å². The van der Waals surface area contributed by atoms with E-state index in [0.29, 0.717) is 6.54 Å². The van der Waals surface area contributed by atoms with Gasteiger partial charge >= 0.3 is 27.3 Å². The summed E-state index contributed by atoms with van der Waals surface area (Å²) in [5, 5.41) is 2.75. The summed E-state index contributed by atoms with van der Waals surface area (Å²) < 4.78 is 0. The van der Waals surface area contributed by atoms with E-state index in [0.717, 1.165) is 11.1 Å². The zero-order valence-corrected chi connectivity index (χ0v) is 11.6. The van der Waals surface area contributed by atoms with Crippen molar-refractivity contribution in [3.8, 4) is 0 Å². The van der Waals surface area contributed by atoms with E-state index in [9.17, 15) is 4.79 Å². The van der Waals surface area contributed by atoms with Gasteiger partial charge in [-0.25, -0.2) is 0 Å². The summed E-state index contributed by atoms with van der Waals surface area (Å²) in [6.07, 6.45) is 0. The van der Waals surface area contributed by atoms with Gasteiger partial charge in [0.25, 0.3) is 5.91 Å². The third kappa shape index (κ3) is 1.45. The molecule has 2 nitrogen and oxygen atoms in total. The number of carbonyl (C=O) groups is 1. The third-order valence-electron chi connectivity index (χ3n) is 1.70. The second-order valence-electron chi connectivity index (χ2n) is 2.34. The van der Waals surface area contributed by atoms with Gasteiger partial charge in [0.15, 0.2) is 0 Å². The molecular weight excluding hydrogens is 333 g/mol. The van der Waals surface area contributed by atoms with Crippen molar-refractivity contribution >= 4 is 33.2 Å². The van der Waals surface area contributed by atoms with Gasteiger partial charge in [0, 0.05) is 12.1 Å². The van der Waals surface area contributed by atoms with Crippen LogP contribution in [0.25, 0.3) is 0 Å². The van der Waals surface area contributed by atoms with E-state index in [1.807, 2.05) is 24.3 Å². The molecule has 1 aliphatic heterocycles. The molecule has 11 heavy (non-hydrogen) atoms. The van der Waals surface area contributed by atoms with Crippen molar-refractivity contribution in [3.63, 3.8) is 0 Å². The second kappa shape index (κ2) is 3.34. The summed E-state index contributed by atoms with van der Waals surface area (Å²) in [4.78, 5) is 11.0. The third-order valence-corrected chi connectivity index (χ3v) is 1.70. The first-order chi connectivity index (χ1) is 4.88. The van der Waals surface area contributed by atoms with Crippen LogP contribution in [0.4, 0.5) is 0 Å². The minimum atomic E-state index is 0. The molecule has 0 saturated heterocycles. The van der Waals surface area contributed by atoms with Crippen molar-refractivity contribution in [2.24, 2.45) is 0 Å². The molecule has 1 N–H and O–H groups in total. The van der Waals surface area contributed by atoms with Crippen LogP contribution in [-0.2, 0) is 6.54 Å². The molecule has 0 spiro atoms. The van der Waals surface area contributed by atoms with Gasteiger partial charge in [-0.15, -0.1) is 0 Å². The monoisotopic (exact) mass is 343 g/mol. The van der Waals surface area contributed by atoms with Gasteiger partial charge < -0.3 is 5.32 Å². The zero-order chi connectivity index (χ0) is 6.97. The van der Waals surface area contributed by atoms with Crippen molar-refractivity contribution in [1.29, 1.82) is 0 Å². The molecule has 2 rings (SSSR count). The number of amides is 1. The Balaban J connectivity index is 0.000000605. The summed E-state index contributed by atoms with van der Waals surface area (Å²) in [5.41, 5.74) is 1.93. The van der Waals surface area contributed by atoms with Crippen molar-refractivity contribution < 1.29 is 4.79 Å². The quantitative estimate of drug-likeness (QED) is 0.662. The first kappa shape index (κ1) is 8.71. The average Bonchev–Trinajstić information content (AvgIpc) is 2.34. The van der Waals surface area contributed by atoms with E-state index >= 15 is 0 Å². The average molecular weight is 342 g/mol. The SMILES string of the molecule is O=C1NCc2ccccc21.[PbH2]. The van der Waals surface area contributed by atoms with E-state index in [-0.39, 0.29) is 33.2 Å². The normalized spacial score (nSPS) is 13.3. The molecule has 1 aliphatic rings. The first-order valence-electron chi connectivity index (χ1n) is 3.24. The predicted molar refractivity (Wildman–Crippen MR) is 46.2 cm³/mol. The van der Waals surface area contributed by atoms with Crippen LogP contribution in [0, 0.1) is 0 Å². The summed E-state index contributed by atoms with van der Waals surface area (Å²) in [5.74, 6) is 0.0515. The number of carbonyl (C=O) groups excluding carboxylic acids is 1. The fourth-order valence-electron chi connectivity index (χ4n) is 1.17. The van der Waals surface area contributed by atoms with Crippen LogP contribution in [0.2, 0.25) is 0 Å². The van der Waals surface area contributed by atoms with Crippen LogP contribution in [-0.4, -0.2) is 33.2 Å².